The van der Waals surface area contributed by atoms with Gasteiger partial charge < -0.3 is 4.74 Å². The number of hydrogen-bond donors (Lipinski definition) is 0. The van der Waals surface area contributed by atoms with E-state index in [1.54, 1.807) is 0 Å². The van der Waals surface area contributed by atoms with Gasteiger partial charge in [0, 0.05) is 17.7 Å². The largest absolute Gasteiger partial charge is 0.488 e. The van der Waals surface area contributed by atoms with Gasteiger partial charge in [0.05, 0.1) is 10.6 Å². The zero-order valence-corrected chi connectivity index (χ0v) is 15.2. The van der Waals surface area contributed by atoms with Gasteiger partial charge in [-0.2, -0.15) is 0 Å². The van der Waals surface area contributed by atoms with Crippen molar-refractivity contribution in [2.75, 3.05) is 12.0 Å². The fourth-order valence-corrected chi connectivity index (χ4v) is 4.81. The SMILES string of the molecule is C[C@]12CC[C@H](C[C@@H]1Oc1cc(F)c(C(=O)CS(C)(=O)=O)cc1Cl)C2. The lowest BCUT2D eigenvalue weighted by molar-refractivity contribution is 0.0753. The molecule has 24 heavy (non-hydrogen) atoms. The fraction of sp³-hybridized carbons (Fsp3) is 0.588. The Labute approximate surface area is 146 Å². The molecule has 1 aromatic carbocycles. The molecule has 3 rings (SSSR count). The minimum atomic E-state index is -3.53. The van der Waals surface area contributed by atoms with Gasteiger partial charge in [0.2, 0.25) is 0 Å². The van der Waals surface area contributed by atoms with Crippen molar-refractivity contribution in [2.24, 2.45) is 11.3 Å². The Morgan fingerprint density at radius 1 is 1.46 bits per heavy atom. The molecule has 0 radical (unpaired) electrons. The minimum absolute atomic E-state index is 0.00859. The first-order valence-electron chi connectivity index (χ1n) is 7.94. The van der Waals surface area contributed by atoms with Crippen LogP contribution in [0.3, 0.4) is 0 Å². The Morgan fingerprint density at radius 2 is 2.17 bits per heavy atom. The van der Waals surface area contributed by atoms with Gasteiger partial charge in [-0.25, -0.2) is 12.8 Å². The van der Waals surface area contributed by atoms with Gasteiger partial charge in [-0.15, -0.1) is 0 Å². The molecular formula is C17H20ClFO4S. The van der Waals surface area contributed by atoms with E-state index in [0.717, 1.165) is 37.7 Å². The Bertz CT molecular complexity index is 792. The second-order valence-electron chi connectivity index (χ2n) is 7.36. The lowest BCUT2D eigenvalue weighted by Gasteiger charge is -2.32. The molecule has 0 saturated heterocycles. The molecule has 7 heteroatoms. The van der Waals surface area contributed by atoms with E-state index in [2.05, 4.69) is 6.92 Å². The number of ether oxygens (including phenoxy) is 1. The summed E-state index contributed by atoms with van der Waals surface area (Å²) in [6.07, 6.45) is 5.26. The molecule has 0 N–H and O–H groups in total. The van der Waals surface area contributed by atoms with Gasteiger partial charge >= 0.3 is 0 Å². The number of hydrogen-bond acceptors (Lipinski definition) is 4. The van der Waals surface area contributed by atoms with Crippen LogP contribution in [-0.4, -0.2) is 32.3 Å². The molecule has 0 unspecified atom stereocenters. The molecular weight excluding hydrogens is 355 g/mol. The summed E-state index contributed by atoms with van der Waals surface area (Å²) in [5.74, 6) is -1.50. The van der Waals surface area contributed by atoms with E-state index >= 15 is 0 Å². The van der Waals surface area contributed by atoms with Crippen LogP contribution in [0.4, 0.5) is 4.39 Å². The summed E-state index contributed by atoms with van der Waals surface area (Å²) < 4.78 is 42.6. The van der Waals surface area contributed by atoms with Crippen LogP contribution in [0.25, 0.3) is 0 Å². The van der Waals surface area contributed by atoms with E-state index in [9.17, 15) is 17.6 Å². The average molecular weight is 375 g/mol. The Kier molecular flexibility index (Phi) is 4.41. The van der Waals surface area contributed by atoms with E-state index in [1.807, 2.05) is 0 Å². The minimum Gasteiger partial charge on any atom is -0.488 e. The summed E-state index contributed by atoms with van der Waals surface area (Å²) in [5, 5.41) is 0.125. The van der Waals surface area contributed by atoms with Crippen LogP contribution in [0.2, 0.25) is 5.02 Å². The van der Waals surface area contributed by atoms with E-state index in [-0.39, 0.29) is 27.9 Å². The maximum Gasteiger partial charge on any atom is 0.180 e. The number of fused-ring (bicyclic) bond motifs is 2. The number of halogens is 2. The van der Waals surface area contributed by atoms with Crippen molar-refractivity contribution in [3.05, 3.63) is 28.5 Å². The maximum atomic E-state index is 14.3. The highest BCUT2D eigenvalue weighted by molar-refractivity contribution is 7.91. The number of rotatable bonds is 5. The first kappa shape index (κ1) is 17.7. The molecule has 2 aliphatic carbocycles. The molecule has 0 amide bonds. The molecule has 0 aliphatic heterocycles. The molecule has 132 valence electrons. The lowest BCUT2D eigenvalue weighted by Crippen LogP contribution is -2.32. The zero-order chi connectivity index (χ0) is 17.7. The Hall–Kier alpha value is -1.14. The first-order chi connectivity index (χ1) is 11.1. The van der Waals surface area contributed by atoms with E-state index in [0.29, 0.717) is 5.92 Å². The fourth-order valence-electron chi connectivity index (χ4n) is 3.97. The summed E-state index contributed by atoms with van der Waals surface area (Å²) in [7, 11) is -3.53. The van der Waals surface area contributed by atoms with Crippen molar-refractivity contribution >= 4 is 27.2 Å². The molecule has 2 bridgehead atoms. The number of benzene rings is 1. The monoisotopic (exact) mass is 374 g/mol. The number of Topliss-reactive ketones (excluding diaryl/α,β-unsaturated/α-hetero) is 1. The van der Waals surface area contributed by atoms with E-state index in [1.165, 1.54) is 6.42 Å². The predicted octanol–water partition coefficient (Wildman–Crippen LogP) is 3.66. The third-order valence-corrected chi connectivity index (χ3v) is 6.27. The summed E-state index contributed by atoms with van der Waals surface area (Å²) >= 11 is 6.15. The lowest BCUT2D eigenvalue weighted by atomic mass is 9.84. The predicted molar refractivity (Wildman–Crippen MR) is 89.9 cm³/mol. The summed E-state index contributed by atoms with van der Waals surface area (Å²) in [5.41, 5.74) is -0.230. The van der Waals surface area contributed by atoms with Crippen molar-refractivity contribution < 1.29 is 22.3 Å². The van der Waals surface area contributed by atoms with E-state index < -0.39 is 27.2 Å². The standard InChI is InChI=1S/C17H20ClFO4S/c1-17-4-3-10(8-17)5-16(17)23-15-7-13(19)11(6-12(15)18)14(20)9-24(2,21)22/h6-7,10,16H,3-5,8-9H2,1-2H3/t10-,16+,17-/m1/s1. The highest BCUT2D eigenvalue weighted by Crippen LogP contribution is 2.55. The van der Waals surface area contributed by atoms with Crippen LogP contribution < -0.4 is 4.74 Å². The highest BCUT2D eigenvalue weighted by atomic mass is 35.5. The van der Waals surface area contributed by atoms with Crippen molar-refractivity contribution in [1.29, 1.82) is 0 Å². The zero-order valence-electron chi connectivity index (χ0n) is 13.6. The van der Waals surface area contributed by atoms with Crippen molar-refractivity contribution in [1.82, 2.24) is 0 Å². The summed E-state index contributed by atoms with van der Waals surface area (Å²) in [6.45, 7) is 2.18. The van der Waals surface area contributed by atoms with Gasteiger partial charge in [-0.05, 0) is 37.7 Å². The number of sulfone groups is 1. The molecule has 4 nitrogen and oxygen atoms in total. The first-order valence-corrected chi connectivity index (χ1v) is 10.4. The van der Waals surface area contributed by atoms with Crippen LogP contribution >= 0.6 is 11.6 Å². The van der Waals surface area contributed by atoms with Crippen LogP contribution in [0.5, 0.6) is 5.75 Å². The molecule has 0 heterocycles. The van der Waals surface area contributed by atoms with Crippen LogP contribution in [-0.2, 0) is 9.84 Å². The van der Waals surface area contributed by atoms with Gasteiger partial charge in [0.25, 0.3) is 0 Å². The molecule has 2 fully saturated rings. The molecule has 1 aromatic rings. The normalized spacial score (nSPS) is 29.0. The second kappa shape index (κ2) is 5.99. The van der Waals surface area contributed by atoms with Crippen LogP contribution in [0, 0.1) is 17.2 Å². The summed E-state index contributed by atoms with van der Waals surface area (Å²) in [6, 6.07) is 2.25. The molecule has 0 spiro atoms. The molecule has 2 saturated carbocycles. The average Bonchev–Trinajstić information content (AvgIpc) is 2.95. The van der Waals surface area contributed by atoms with Crippen LogP contribution in [0.1, 0.15) is 43.0 Å². The van der Waals surface area contributed by atoms with Crippen molar-refractivity contribution in [2.45, 2.75) is 38.7 Å². The molecule has 2 aliphatic rings. The quantitative estimate of drug-likeness (QED) is 0.738. The highest BCUT2D eigenvalue weighted by Gasteiger charge is 2.50. The number of ketones is 1. The third kappa shape index (κ3) is 3.45. The summed E-state index contributed by atoms with van der Waals surface area (Å²) in [4.78, 5) is 11.9. The number of carbonyl (C=O) groups is 1. The van der Waals surface area contributed by atoms with Gasteiger partial charge in [0.15, 0.2) is 15.6 Å². The van der Waals surface area contributed by atoms with Crippen molar-refractivity contribution in [3.8, 4) is 5.75 Å². The third-order valence-electron chi connectivity index (χ3n) is 5.19. The maximum absolute atomic E-state index is 14.3. The number of carbonyl (C=O) groups excluding carboxylic acids is 1. The van der Waals surface area contributed by atoms with E-state index in [4.69, 9.17) is 16.3 Å². The topological polar surface area (TPSA) is 60.4 Å². The van der Waals surface area contributed by atoms with Crippen LogP contribution in [0.15, 0.2) is 12.1 Å². The van der Waals surface area contributed by atoms with Gasteiger partial charge in [0.1, 0.15) is 23.4 Å². The van der Waals surface area contributed by atoms with Crippen molar-refractivity contribution in [3.63, 3.8) is 0 Å². The Balaban J connectivity index is 1.82. The smallest absolute Gasteiger partial charge is 0.180 e. The second-order valence-corrected chi connectivity index (χ2v) is 9.91. The Morgan fingerprint density at radius 3 is 2.71 bits per heavy atom. The van der Waals surface area contributed by atoms with Gasteiger partial charge in [-0.1, -0.05) is 18.5 Å². The molecule has 3 atom stereocenters. The van der Waals surface area contributed by atoms with Gasteiger partial charge in [-0.3, -0.25) is 4.79 Å². The molecule has 0 aromatic heterocycles.